The molecule has 1 aromatic rings. The third-order valence-corrected chi connectivity index (χ3v) is 8.22. The summed E-state index contributed by atoms with van der Waals surface area (Å²) in [5.41, 5.74) is 0. The first-order valence-electron chi connectivity index (χ1n) is 8.26. The molecule has 1 aromatic carbocycles. The molecule has 23 heavy (non-hydrogen) atoms. The molecule has 4 fully saturated rings. The molecule has 3 saturated carbocycles. The van der Waals surface area contributed by atoms with Gasteiger partial charge in [-0.15, -0.1) is 0 Å². The summed E-state index contributed by atoms with van der Waals surface area (Å²) in [5.74, 6) is 0.477. The second-order valence-electron chi connectivity index (χ2n) is 6.85. The molecule has 2 bridgehead atoms. The number of benzene rings is 1. The molecule has 0 N–H and O–H groups in total. The van der Waals surface area contributed by atoms with Crippen LogP contribution in [-0.4, -0.2) is 42.8 Å². The van der Waals surface area contributed by atoms with Crippen molar-refractivity contribution in [3.63, 3.8) is 0 Å². The quantitative estimate of drug-likeness (QED) is 0.797. The van der Waals surface area contributed by atoms with E-state index in [1.165, 1.54) is 0 Å². The average Bonchev–Trinajstić information content (AvgIpc) is 3.24. The fourth-order valence-electron chi connectivity index (χ4n) is 4.61. The summed E-state index contributed by atoms with van der Waals surface area (Å²) in [6.45, 7) is 2.09. The SMILES string of the molecule is CCOC(=O)N1[C@H]2[C@@H]1CCC1CC2(S(=O)(=O)c2ccccc2)C1. The van der Waals surface area contributed by atoms with Crippen molar-refractivity contribution in [2.45, 2.75) is 54.3 Å². The third-order valence-electron chi connectivity index (χ3n) is 5.68. The topological polar surface area (TPSA) is 63.5 Å². The second-order valence-corrected chi connectivity index (χ2v) is 9.14. The summed E-state index contributed by atoms with van der Waals surface area (Å²) in [5, 5.41) is 0. The summed E-state index contributed by atoms with van der Waals surface area (Å²) in [4.78, 5) is 14.2. The number of hydrogen-bond donors (Lipinski definition) is 0. The van der Waals surface area contributed by atoms with Crippen molar-refractivity contribution in [2.75, 3.05) is 6.61 Å². The van der Waals surface area contributed by atoms with Gasteiger partial charge in [-0.2, -0.15) is 0 Å². The van der Waals surface area contributed by atoms with Crippen molar-refractivity contribution in [1.82, 2.24) is 4.90 Å². The maximum Gasteiger partial charge on any atom is 0.410 e. The zero-order valence-electron chi connectivity index (χ0n) is 13.1. The zero-order valence-corrected chi connectivity index (χ0v) is 14.0. The van der Waals surface area contributed by atoms with Gasteiger partial charge in [0, 0.05) is 0 Å². The van der Waals surface area contributed by atoms with Crippen molar-refractivity contribution >= 4 is 15.9 Å². The van der Waals surface area contributed by atoms with Gasteiger partial charge in [0.15, 0.2) is 9.84 Å². The van der Waals surface area contributed by atoms with Gasteiger partial charge in [-0.3, -0.25) is 4.90 Å². The van der Waals surface area contributed by atoms with Crippen LogP contribution in [0.3, 0.4) is 0 Å². The Bertz CT molecular complexity index is 724. The van der Waals surface area contributed by atoms with Crippen LogP contribution >= 0.6 is 0 Å². The first-order chi connectivity index (χ1) is 11.0. The Kier molecular flexibility index (Phi) is 3.24. The molecule has 3 aliphatic carbocycles. The summed E-state index contributed by atoms with van der Waals surface area (Å²) in [6, 6.07) is 8.46. The van der Waals surface area contributed by atoms with E-state index in [4.69, 9.17) is 4.74 Å². The van der Waals surface area contributed by atoms with E-state index in [-0.39, 0.29) is 18.2 Å². The first kappa shape index (κ1) is 15.0. The molecule has 4 aliphatic rings. The maximum atomic E-state index is 13.3. The Hall–Kier alpha value is -1.56. The van der Waals surface area contributed by atoms with Crippen LogP contribution in [0, 0.1) is 5.92 Å². The van der Waals surface area contributed by atoms with E-state index in [1.807, 2.05) is 6.07 Å². The number of carbonyl (C=O) groups excluding carboxylic acids is 1. The van der Waals surface area contributed by atoms with Crippen LogP contribution in [0.5, 0.6) is 0 Å². The highest BCUT2D eigenvalue weighted by Gasteiger charge is 2.73. The molecule has 1 amide bonds. The Morgan fingerprint density at radius 2 is 1.96 bits per heavy atom. The number of likely N-dealkylation sites (tertiary alicyclic amines) is 1. The first-order valence-corrected chi connectivity index (χ1v) is 9.74. The number of nitrogens with zero attached hydrogens (tertiary/aromatic N) is 1. The summed E-state index contributed by atoms with van der Waals surface area (Å²) in [7, 11) is -3.46. The lowest BCUT2D eigenvalue weighted by Gasteiger charge is -2.46. The van der Waals surface area contributed by atoms with Crippen LogP contribution in [-0.2, 0) is 14.6 Å². The second kappa shape index (κ2) is 4.97. The normalized spacial score (nSPS) is 34.8. The maximum absolute atomic E-state index is 13.3. The van der Waals surface area contributed by atoms with E-state index in [2.05, 4.69) is 0 Å². The lowest BCUT2D eigenvalue weighted by Crippen LogP contribution is -2.55. The molecule has 0 radical (unpaired) electrons. The highest BCUT2D eigenvalue weighted by molar-refractivity contribution is 7.93. The van der Waals surface area contributed by atoms with Gasteiger partial charge in [-0.1, -0.05) is 18.2 Å². The smallest absolute Gasteiger partial charge is 0.410 e. The van der Waals surface area contributed by atoms with Crippen LogP contribution in [0.25, 0.3) is 0 Å². The molecule has 124 valence electrons. The van der Waals surface area contributed by atoms with Gasteiger partial charge in [0.1, 0.15) is 0 Å². The molecular formula is C17H21NO4S. The molecular weight excluding hydrogens is 314 g/mol. The van der Waals surface area contributed by atoms with Gasteiger partial charge in [-0.25, -0.2) is 13.2 Å². The predicted molar refractivity (Wildman–Crippen MR) is 84.8 cm³/mol. The van der Waals surface area contributed by atoms with Crippen LogP contribution in [0.15, 0.2) is 35.2 Å². The lowest BCUT2D eigenvalue weighted by molar-refractivity contribution is 0.119. The van der Waals surface area contributed by atoms with E-state index in [1.54, 1.807) is 36.1 Å². The van der Waals surface area contributed by atoms with Crippen molar-refractivity contribution in [2.24, 2.45) is 5.92 Å². The summed E-state index contributed by atoms with van der Waals surface area (Å²) >= 11 is 0. The van der Waals surface area contributed by atoms with Crippen LogP contribution in [0.1, 0.15) is 32.6 Å². The molecule has 1 heterocycles. The van der Waals surface area contributed by atoms with E-state index in [9.17, 15) is 13.2 Å². The molecule has 5 rings (SSSR count). The molecule has 0 spiro atoms. The molecule has 5 nitrogen and oxygen atoms in total. The minimum atomic E-state index is -3.46. The van der Waals surface area contributed by atoms with E-state index >= 15 is 0 Å². The molecule has 6 heteroatoms. The highest BCUT2D eigenvalue weighted by Crippen LogP contribution is 2.61. The van der Waals surface area contributed by atoms with Gasteiger partial charge in [0.05, 0.1) is 28.3 Å². The third kappa shape index (κ3) is 1.97. The predicted octanol–water partition coefficient (Wildman–Crippen LogP) is 2.61. The minimum absolute atomic E-state index is 0.0278. The number of ether oxygens (including phenoxy) is 1. The Balaban J connectivity index is 1.71. The number of fused-ring (bicyclic) bond motifs is 1. The van der Waals surface area contributed by atoms with E-state index < -0.39 is 14.6 Å². The fraction of sp³-hybridized carbons (Fsp3) is 0.588. The van der Waals surface area contributed by atoms with Crippen molar-refractivity contribution in [3.8, 4) is 0 Å². The van der Waals surface area contributed by atoms with Crippen LogP contribution in [0.2, 0.25) is 0 Å². The van der Waals surface area contributed by atoms with Gasteiger partial charge >= 0.3 is 6.09 Å². The average molecular weight is 335 g/mol. The summed E-state index contributed by atoms with van der Waals surface area (Å²) in [6.07, 6.45) is 2.86. The monoisotopic (exact) mass is 335 g/mol. The minimum Gasteiger partial charge on any atom is -0.450 e. The molecule has 0 aromatic heterocycles. The Morgan fingerprint density at radius 3 is 2.61 bits per heavy atom. The van der Waals surface area contributed by atoms with E-state index in [0.29, 0.717) is 30.3 Å². The Morgan fingerprint density at radius 1 is 1.26 bits per heavy atom. The van der Waals surface area contributed by atoms with Crippen molar-refractivity contribution in [3.05, 3.63) is 30.3 Å². The standard InChI is InChI=1S/C17H21NO4S/c1-2-22-16(19)18-14-9-8-12-10-17(11-12,15(14)18)23(20,21)13-6-4-3-5-7-13/h3-7,12,14-15H,2,8-11H2,1H3/t12?,14-,15-,17?,18?/m0/s1. The molecule has 0 unspecified atom stereocenters. The highest BCUT2D eigenvalue weighted by atomic mass is 32.2. The van der Waals surface area contributed by atoms with E-state index in [0.717, 1.165) is 12.8 Å². The number of carbonyl (C=O) groups is 1. The molecule has 2 atom stereocenters. The van der Waals surface area contributed by atoms with Gasteiger partial charge in [-0.05, 0) is 50.7 Å². The zero-order chi connectivity index (χ0) is 16.2. The van der Waals surface area contributed by atoms with Crippen LogP contribution < -0.4 is 0 Å². The van der Waals surface area contributed by atoms with Gasteiger partial charge < -0.3 is 4.74 Å². The lowest BCUT2D eigenvalue weighted by atomic mass is 9.72. The molecule has 1 saturated heterocycles. The van der Waals surface area contributed by atoms with Gasteiger partial charge in [0.25, 0.3) is 0 Å². The summed E-state index contributed by atoms with van der Waals surface area (Å²) < 4.78 is 30.9. The number of rotatable bonds is 3. The fourth-order valence-corrected chi connectivity index (χ4v) is 7.09. The number of hydrogen-bond acceptors (Lipinski definition) is 4. The number of sulfone groups is 1. The molecule has 1 aliphatic heterocycles. The van der Waals surface area contributed by atoms with Crippen molar-refractivity contribution < 1.29 is 17.9 Å². The number of amides is 1. The van der Waals surface area contributed by atoms with Crippen LogP contribution in [0.4, 0.5) is 4.79 Å². The Labute approximate surface area is 136 Å². The largest absolute Gasteiger partial charge is 0.450 e. The van der Waals surface area contributed by atoms with Gasteiger partial charge in [0.2, 0.25) is 0 Å². The van der Waals surface area contributed by atoms with Crippen molar-refractivity contribution in [1.29, 1.82) is 0 Å².